The molecule has 1 unspecified atom stereocenters. The van der Waals surface area contributed by atoms with Gasteiger partial charge < -0.3 is 5.11 Å². The van der Waals surface area contributed by atoms with E-state index in [4.69, 9.17) is 0 Å². The fourth-order valence-corrected chi connectivity index (χ4v) is 2.66. The third-order valence-electron chi connectivity index (χ3n) is 3.07. The van der Waals surface area contributed by atoms with Gasteiger partial charge in [-0.3, -0.25) is 4.98 Å². The Morgan fingerprint density at radius 3 is 2.50 bits per heavy atom. The van der Waals surface area contributed by atoms with Gasteiger partial charge in [-0.1, -0.05) is 18.2 Å². The zero-order chi connectivity index (χ0) is 13.1. The van der Waals surface area contributed by atoms with Crippen LogP contribution < -0.4 is 0 Å². The third-order valence-corrected chi connectivity index (χ3v) is 3.50. The number of aliphatic hydroxyl groups is 1. The van der Waals surface area contributed by atoms with Gasteiger partial charge in [0, 0.05) is 23.3 Å². The largest absolute Gasteiger partial charge is 0.388 e. The molecule has 0 saturated heterocycles. The molecule has 18 heavy (non-hydrogen) atoms. The lowest BCUT2D eigenvalue weighted by molar-refractivity contribution is 0.177. The molecule has 0 bridgehead atoms. The van der Waals surface area contributed by atoms with Crippen LogP contribution in [0.25, 0.3) is 0 Å². The Kier molecular flexibility index (Phi) is 4.15. The molecular weight excluding hydrogens is 290 g/mol. The SMILES string of the molecule is Cc1cccc(C)c1C(O)Cc1cncc(Br)c1. The second-order valence-electron chi connectivity index (χ2n) is 4.54. The quantitative estimate of drug-likeness (QED) is 0.937. The van der Waals surface area contributed by atoms with Gasteiger partial charge in [0.1, 0.15) is 0 Å². The average Bonchev–Trinajstić information content (AvgIpc) is 2.28. The molecule has 94 valence electrons. The molecule has 3 heteroatoms. The van der Waals surface area contributed by atoms with E-state index in [0.717, 1.165) is 26.7 Å². The maximum atomic E-state index is 10.4. The summed E-state index contributed by atoms with van der Waals surface area (Å²) in [6.45, 7) is 4.06. The van der Waals surface area contributed by atoms with E-state index in [1.165, 1.54) is 0 Å². The first-order valence-electron chi connectivity index (χ1n) is 5.91. The molecular formula is C15H16BrNO. The van der Waals surface area contributed by atoms with Gasteiger partial charge in [0.25, 0.3) is 0 Å². The van der Waals surface area contributed by atoms with Crippen LogP contribution in [0.1, 0.15) is 28.4 Å². The minimum absolute atomic E-state index is 0.484. The second kappa shape index (κ2) is 5.63. The van der Waals surface area contributed by atoms with Crippen LogP contribution in [-0.2, 0) is 6.42 Å². The number of halogens is 1. The van der Waals surface area contributed by atoms with E-state index in [-0.39, 0.29) is 0 Å². The number of aliphatic hydroxyl groups excluding tert-OH is 1. The molecule has 2 rings (SSSR count). The highest BCUT2D eigenvalue weighted by molar-refractivity contribution is 9.10. The van der Waals surface area contributed by atoms with E-state index in [1.54, 1.807) is 12.4 Å². The molecule has 1 atom stereocenters. The van der Waals surface area contributed by atoms with Crippen molar-refractivity contribution in [2.24, 2.45) is 0 Å². The molecule has 2 aromatic rings. The van der Waals surface area contributed by atoms with Crippen LogP contribution in [0.3, 0.4) is 0 Å². The van der Waals surface area contributed by atoms with Crippen molar-refractivity contribution in [2.75, 3.05) is 0 Å². The van der Waals surface area contributed by atoms with Crippen LogP contribution in [-0.4, -0.2) is 10.1 Å². The number of pyridine rings is 1. The van der Waals surface area contributed by atoms with Gasteiger partial charge in [0.05, 0.1) is 6.10 Å². The van der Waals surface area contributed by atoms with Crippen molar-refractivity contribution < 1.29 is 5.11 Å². The van der Waals surface area contributed by atoms with E-state index < -0.39 is 6.10 Å². The summed E-state index contributed by atoms with van der Waals surface area (Å²) >= 11 is 3.39. The monoisotopic (exact) mass is 305 g/mol. The Hall–Kier alpha value is -1.19. The molecule has 0 radical (unpaired) electrons. The van der Waals surface area contributed by atoms with E-state index in [1.807, 2.05) is 38.1 Å². The summed E-state index contributed by atoms with van der Waals surface area (Å²) in [5, 5.41) is 10.4. The van der Waals surface area contributed by atoms with Crippen LogP contribution >= 0.6 is 15.9 Å². The summed E-state index contributed by atoms with van der Waals surface area (Å²) in [5.74, 6) is 0. The number of aromatic nitrogens is 1. The van der Waals surface area contributed by atoms with E-state index >= 15 is 0 Å². The van der Waals surface area contributed by atoms with E-state index in [9.17, 15) is 5.11 Å². The number of hydrogen-bond donors (Lipinski definition) is 1. The van der Waals surface area contributed by atoms with Gasteiger partial charge in [-0.05, 0) is 58.1 Å². The minimum atomic E-state index is -0.484. The Bertz CT molecular complexity index is 534. The Morgan fingerprint density at radius 2 is 1.89 bits per heavy atom. The Labute approximate surface area is 116 Å². The van der Waals surface area contributed by atoms with E-state index in [2.05, 4.69) is 20.9 Å². The zero-order valence-corrected chi connectivity index (χ0v) is 12.1. The molecule has 1 aromatic carbocycles. The molecule has 1 aromatic heterocycles. The number of rotatable bonds is 3. The van der Waals surface area contributed by atoms with Crippen molar-refractivity contribution in [1.29, 1.82) is 0 Å². The molecule has 1 N–H and O–H groups in total. The molecule has 2 nitrogen and oxygen atoms in total. The highest BCUT2D eigenvalue weighted by atomic mass is 79.9. The summed E-state index contributed by atoms with van der Waals surface area (Å²) < 4.78 is 0.939. The first-order valence-corrected chi connectivity index (χ1v) is 6.71. The topological polar surface area (TPSA) is 33.1 Å². The molecule has 1 heterocycles. The third kappa shape index (κ3) is 2.98. The zero-order valence-electron chi connectivity index (χ0n) is 10.5. The summed E-state index contributed by atoms with van der Waals surface area (Å²) in [4.78, 5) is 4.12. The summed E-state index contributed by atoms with van der Waals surface area (Å²) in [7, 11) is 0. The van der Waals surface area contributed by atoms with Crippen LogP contribution in [0.2, 0.25) is 0 Å². The van der Waals surface area contributed by atoms with Crippen molar-refractivity contribution >= 4 is 15.9 Å². The molecule has 0 aliphatic rings. The van der Waals surface area contributed by atoms with Crippen LogP contribution in [0.15, 0.2) is 41.1 Å². The van der Waals surface area contributed by atoms with Gasteiger partial charge in [-0.15, -0.1) is 0 Å². The van der Waals surface area contributed by atoms with E-state index in [0.29, 0.717) is 6.42 Å². The predicted octanol–water partition coefficient (Wildman–Crippen LogP) is 3.74. The van der Waals surface area contributed by atoms with Crippen molar-refractivity contribution in [3.05, 3.63) is 63.4 Å². The van der Waals surface area contributed by atoms with Gasteiger partial charge in [0.15, 0.2) is 0 Å². The Morgan fingerprint density at radius 1 is 1.22 bits per heavy atom. The maximum absolute atomic E-state index is 10.4. The highest BCUT2D eigenvalue weighted by Crippen LogP contribution is 2.25. The van der Waals surface area contributed by atoms with Crippen molar-refractivity contribution in [3.8, 4) is 0 Å². The molecule has 0 aliphatic carbocycles. The lowest BCUT2D eigenvalue weighted by Gasteiger charge is -2.16. The van der Waals surface area contributed by atoms with Crippen LogP contribution in [0, 0.1) is 13.8 Å². The first kappa shape index (κ1) is 13.2. The summed E-state index contributed by atoms with van der Waals surface area (Å²) in [6, 6.07) is 8.07. The molecule has 0 fully saturated rings. The smallest absolute Gasteiger partial charge is 0.0836 e. The second-order valence-corrected chi connectivity index (χ2v) is 5.45. The molecule has 0 spiro atoms. The number of nitrogens with zero attached hydrogens (tertiary/aromatic N) is 1. The standard InChI is InChI=1S/C15H16BrNO/c1-10-4-3-5-11(2)15(10)14(18)7-12-6-13(16)9-17-8-12/h3-6,8-9,14,18H,7H2,1-2H3. The Balaban J connectivity index is 2.25. The fraction of sp³-hybridized carbons (Fsp3) is 0.267. The lowest BCUT2D eigenvalue weighted by atomic mass is 9.94. The van der Waals surface area contributed by atoms with Gasteiger partial charge in [0.2, 0.25) is 0 Å². The normalized spacial score (nSPS) is 12.4. The highest BCUT2D eigenvalue weighted by Gasteiger charge is 2.13. The summed E-state index contributed by atoms with van der Waals surface area (Å²) in [6.07, 6.45) is 3.64. The predicted molar refractivity (Wildman–Crippen MR) is 76.5 cm³/mol. The lowest BCUT2D eigenvalue weighted by Crippen LogP contribution is -2.06. The van der Waals surface area contributed by atoms with Crippen LogP contribution in [0.5, 0.6) is 0 Å². The average molecular weight is 306 g/mol. The van der Waals surface area contributed by atoms with Gasteiger partial charge >= 0.3 is 0 Å². The number of aryl methyl sites for hydroxylation is 2. The fourth-order valence-electron chi connectivity index (χ4n) is 2.25. The van der Waals surface area contributed by atoms with Crippen LogP contribution in [0.4, 0.5) is 0 Å². The molecule has 0 amide bonds. The van der Waals surface area contributed by atoms with Gasteiger partial charge in [-0.25, -0.2) is 0 Å². The van der Waals surface area contributed by atoms with Gasteiger partial charge in [-0.2, -0.15) is 0 Å². The molecule has 0 saturated carbocycles. The minimum Gasteiger partial charge on any atom is -0.388 e. The maximum Gasteiger partial charge on any atom is 0.0836 e. The first-order chi connectivity index (χ1) is 8.58. The van der Waals surface area contributed by atoms with Crippen molar-refractivity contribution in [3.63, 3.8) is 0 Å². The number of benzene rings is 1. The summed E-state index contributed by atoms with van der Waals surface area (Å²) in [5.41, 5.74) is 4.31. The van der Waals surface area contributed by atoms with Crippen molar-refractivity contribution in [1.82, 2.24) is 4.98 Å². The van der Waals surface area contributed by atoms with Crippen molar-refractivity contribution in [2.45, 2.75) is 26.4 Å². The number of hydrogen-bond acceptors (Lipinski definition) is 2. The molecule has 0 aliphatic heterocycles.